The molecular formula is C22H23N5OS. The Labute approximate surface area is 174 Å². The SMILES string of the molecule is CCC1=NN2C(=N)/C(=C/c3cc(C)n(-c4cc(C)ccc4C)c3C)C(=O)N=C2S1. The van der Waals surface area contributed by atoms with Crippen molar-refractivity contribution in [1.82, 2.24) is 9.58 Å². The molecule has 0 radical (unpaired) electrons. The first-order valence-electron chi connectivity index (χ1n) is 9.55. The van der Waals surface area contributed by atoms with E-state index in [9.17, 15) is 4.79 Å². The highest BCUT2D eigenvalue weighted by Crippen LogP contribution is 2.31. The summed E-state index contributed by atoms with van der Waals surface area (Å²) in [4.78, 5) is 16.8. The predicted molar refractivity (Wildman–Crippen MR) is 120 cm³/mol. The van der Waals surface area contributed by atoms with E-state index in [1.165, 1.54) is 27.9 Å². The number of nitrogens with zero attached hydrogens (tertiary/aromatic N) is 4. The third kappa shape index (κ3) is 3.25. The minimum absolute atomic E-state index is 0.0764. The van der Waals surface area contributed by atoms with Gasteiger partial charge in [0.25, 0.3) is 5.91 Å². The zero-order valence-electron chi connectivity index (χ0n) is 17.2. The molecule has 3 heterocycles. The van der Waals surface area contributed by atoms with E-state index < -0.39 is 5.91 Å². The number of hydrogen-bond acceptors (Lipinski definition) is 4. The Bertz CT molecular complexity index is 1150. The fourth-order valence-electron chi connectivity index (χ4n) is 3.59. The van der Waals surface area contributed by atoms with E-state index >= 15 is 0 Å². The van der Waals surface area contributed by atoms with Crippen LogP contribution in [0.4, 0.5) is 0 Å². The lowest BCUT2D eigenvalue weighted by Gasteiger charge is -2.20. The maximum Gasteiger partial charge on any atom is 0.283 e. The van der Waals surface area contributed by atoms with Crippen LogP contribution in [0.3, 0.4) is 0 Å². The van der Waals surface area contributed by atoms with E-state index in [1.807, 2.05) is 19.9 Å². The lowest BCUT2D eigenvalue weighted by Crippen LogP contribution is -2.35. The van der Waals surface area contributed by atoms with E-state index in [0.717, 1.165) is 34.1 Å². The summed E-state index contributed by atoms with van der Waals surface area (Å²) in [6.07, 6.45) is 2.51. The molecule has 2 aliphatic heterocycles. The Balaban J connectivity index is 1.78. The number of carbonyl (C=O) groups excluding carboxylic acids is 1. The summed E-state index contributed by atoms with van der Waals surface area (Å²) in [7, 11) is 0. The molecule has 0 saturated carbocycles. The Morgan fingerprint density at radius 1 is 1.17 bits per heavy atom. The summed E-state index contributed by atoms with van der Waals surface area (Å²) in [5.74, 6) is -0.315. The smallest absolute Gasteiger partial charge is 0.283 e. The van der Waals surface area contributed by atoms with E-state index in [0.29, 0.717) is 5.17 Å². The highest BCUT2D eigenvalue weighted by molar-refractivity contribution is 8.26. The second-order valence-corrected chi connectivity index (χ2v) is 8.36. The first-order chi connectivity index (χ1) is 13.8. The number of fused-ring (bicyclic) bond motifs is 1. The monoisotopic (exact) mass is 405 g/mol. The van der Waals surface area contributed by atoms with Crippen LogP contribution >= 0.6 is 11.8 Å². The molecule has 1 amide bonds. The lowest BCUT2D eigenvalue weighted by atomic mass is 10.1. The van der Waals surface area contributed by atoms with E-state index in [4.69, 9.17) is 5.41 Å². The van der Waals surface area contributed by atoms with E-state index in [2.05, 4.69) is 53.6 Å². The predicted octanol–water partition coefficient (Wildman–Crippen LogP) is 4.74. The number of nitrogens with one attached hydrogen (secondary N) is 1. The summed E-state index contributed by atoms with van der Waals surface area (Å²) in [5, 5.41) is 15.7. The average Bonchev–Trinajstić information content (AvgIpc) is 3.21. The quantitative estimate of drug-likeness (QED) is 0.750. The van der Waals surface area contributed by atoms with Gasteiger partial charge in [0.2, 0.25) is 5.17 Å². The van der Waals surface area contributed by atoms with Crippen LogP contribution in [0.15, 0.2) is 39.9 Å². The van der Waals surface area contributed by atoms with E-state index in [-0.39, 0.29) is 11.4 Å². The van der Waals surface area contributed by atoms with Gasteiger partial charge in [-0.2, -0.15) is 15.1 Å². The molecule has 2 aromatic rings. The molecule has 0 spiro atoms. The van der Waals surface area contributed by atoms with Crippen LogP contribution in [0, 0.1) is 33.1 Å². The fraction of sp³-hybridized carbons (Fsp3) is 0.273. The van der Waals surface area contributed by atoms with Crippen molar-refractivity contribution >= 4 is 39.8 Å². The summed E-state index contributed by atoms with van der Waals surface area (Å²) in [6.45, 7) is 10.3. The second kappa shape index (κ2) is 7.15. The normalized spacial score (nSPS) is 17.7. The maximum absolute atomic E-state index is 12.6. The summed E-state index contributed by atoms with van der Waals surface area (Å²) < 4.78 is 2.19. The van der Waals surface area contributed by atoms with Crippen LogP contribution in [-0.2, 0) is 4.79 Å². The maximum atomic E-state index is 12.6. The lowest BCUT2D eigenvalue weighted by molar-refractivity contribution is -0.114. The van der Waals surface area contributed by atoms with Crippen molar-refractivity contribution in [2.75, 3.05) is 0 Å². The number of amidine groups is 2. The van der Waals surface area contributed by atoms with Gasteiger partial charge < -0.3 is 4.57 Å². The number of amides is 1. The number of rotatable bonds is 3. The largest absolute Gasteiger partial charge is 0.318 e. The number of aryl methyl sites for hydroxylation is 3. The number of aliphatic imine (C=N–C) groups is 1. The third-order valence-electron chi connectivity index (χ3n) is 5.17. The molecule has 6 nitrogen and oxygen atoms in total. The minimum Gasteiger partial charge on any atom is -0.318 e. The Kier molecular flexibility index (Phi) is 4.78. The number of hydrogen-bond donors (Lipinski definition) is 1. The van der Waals surface area contributed by atoms with Gasteiger partial charge >= 0.3 is 0 Å². The van der Waals surface area contributed by atoms with Crippen LogP contribution < -0.4 is 0 Å². The molecule has 1 aromatic carbocycles. The van der Waals surface area contributed by atoms with Crippen LogP contribution in [0.1, 0.15) is 41.4 Å². The molecule has 0 saturated heterocycles. The standard InChI is InChI=1S/C22H23N5OS/c1-6-19-25-27-20(23)17(21(28)24-22(27)29-19)11-16-10-14(4)26(15(16)5)18-9-12(2)7-8-13(18)3/h7-11,23H,6H2,1-5H3/b17-11-,23-20?. The zero-order valence-corrected chi connectivity index (χ0v) is 18.0. The summed E-state index contributed by atoms with van der Waals surface area (Å²) >= 11 is 1.35. The van der Waals surface area contributed by atoms with Gasteiger partial charge in [0.15, 0.2) is 5.84 Å². The van der Waals surface area contributed by atoms with Gasteiger partial charge in [-0.15, -0.1) is 0 Å². The molecule has 1 aromatic heterocycles. The van der Waals surface area contributed by atoms with Crippen molar-refractivity contribution in [3.8, 4) is 5.69 Å². The zero-order chi connectivity index (χ0) is 20.9. The minimum atomic E-state index is -0.391. The van der Waals surface area contributed by atoms with Crippen molar-refractivity contribution in [3.05, 3.63) is 57.9 Å². The number of benzene rings is 1. The molecule has 0 unspecified atom stereocenters. The molecule has 4 rings (SSSR count). The van der Waals surface area contributed by atoms with Gasteiger partial charge in [0, 0.05) is 17.1 Å². The first-order valence-corrected chi connectivity index (χ1v) is 10.4. The molecule has 1 N–H and O–H groups in total. The van der Waals surface area contributed by atoms with Crippen LogP contribution in [-0.4, -0.2) is 31.5 Å². The summed E-state index contributed by atoms with van der Waals surface area (Å²) in [6, 6.07) is 8.43. The molecule has 148 valence electrons. The van der Waals surface area contributed by atoms with Crippen molar-refractivity contribution in [2.45, 2.75) is 41.0 Å². The van der Waals surface area contributed by atoms with Gasteiger partial charge in [-0.05, 0) is 80.8 Å². The Morgan fingerprint density at radius 3 is 2.66 bits per heavy atom. The van der Waals surface area contributed by atoms with Crippen molar-refractivity contribution in [3.63, 3.8) is 0 Å². The first kappa shape index (κ1) is 19.4. The Morgan fingerprint density at radius 2 is 1.93 bits per heavy atom. The number of hydrazone groups is 1. The average molecular weight is 406 g/mol. The third-order valence-corrected chi connectivity index (χ3v) is 6.23. The number of carbonyl (C=O) groups is 1. The van der Waals surface area contributed by atoms with Gasteiger partial charge in [0.05, 0.1) is 5.57 Å². The van der Waals surface area contributed by atoms with Crippen molar-refractivity contribution < 1.29 is 4.79 Å². The van der Waals surface area contributed by atoms with Gasteiger partial charge in [-0.25, -0.2) is 0 Å². The fourth-order valence-corrected chi connectivity index (χ4v) is 4.42. The van der Waals surface area contributed by atoms with Gasteiger partial charge in [-0.1, -0.05) is 19.1 Å². The molecule has 2 aliphatic rings. The topological polar surface area (TPSA) is 73.8 Å². The van der Waals surface area contributed by atoms with E-state index in [1.54, 1.807) is 6.08 Å². The second-order valence-electron chi connectivity index (χ2n) is 7.32. The van der Waals surface area contributed by atoms with Crippen molar-refractivity contribution in [2.24, 2.45) is 10.1 Å². The van der Waals surface area contributed by atoms with Gasteiger partial charge in [-0.3, -0.25) is 10.2 Å². The Hall–Kier alpha value is -2.93. The van der Waals surface area contributed by atoms with Crippen LogP contribution in [0.5, 0.6) is 0 Å². The molecule has 0 fully saturated rings. The van der Waals surface area contributed by atoms with Crippen LogP contribution in [0.25, 0.3) is 11.8 Å². The highest BCUT2D eigenvalue weighted by atomic mass is 32.2. The molecule has 0 aliphatic carbocycles. The van der Waals surface area contributed by atoms with Crippen molar-refractivity contribution in [1.29, 1.82) is 5.41 Å². The highest BCUT2D eigenvalue weighted by Gasteiger charge is 2.35. The number of aromatic nitrogens is 1. The number of thioether (sulfide) groups is 1. The molecule has 0 bridgehead atoms. The summed E-state index contributed by atoms with van der Waals surface area (Å²) in [5.41, 5.74) is 6.77. The molecular weight excluding hydrogens is 382 g/mol. The van der Waals surface area contributed by atoms with Gasteiger partial charge in [0.1, 0.15) is 5.04 Å². The van der Waals surface area contributed by atoms with Crippen LogP contribution in [0.2, 0.25) is 0 Å². The molecule has 7 heteroatoms. The molecule has 0 atom stereocenters. The molecule has 29 heavy (non-hydrogen) atoms.